The zero-order valence-electron chi connectivity index (χ0n) is 10.5. The number of ether oxygens (including phenoxy) is 1. The van der Waals surface area contributed by atoms with Gasteiger partial charge in [-0.1, -0.05) is 6.92 Å². The molecule has 90 valence electrons. The summed E-state index contributed by atoms with van der Waals surface area (Å²) in [6.45, 7) is 4.89. The fourth-order valence-electron chi connectivity index (χ4n) is 1.31. The molecular weight excluding hydrogens is 200 g/mol. The van der Waals surface area contributed by atoms with Gasteiger partial charge >= 0.3 is 0 Å². The molecule has 16 heavy (non-hydrogen) atoms. The van der Waals surface area contributed by atoms with Crippen LogP contribution in [0.3, 0.4) is 0 Å². The summed E-state index contributed by atoms with van der Waals surface area (Å²) in [5.41, 5.74) is 1.14. The van der Waals surface area contributed by atoms with Gasteiger partial charge in [0.2, 0.25) is 0 Å². The maximum absolute atomic E-state index is 5.52. The Labute approximate surface area is 98.4 Å². The highest BCUT2D eigenvalue weighted by molar-refractivity contribution is 5.46. The summed E-state index contributed by atoms with van der Waals surface area (Å²) in [7, 11) is 4.15. The van der Waals surface area contributed by atoms with E-state index in [-0.39, 0.29) is 0 Å². The quantitative estimate of drug-likeness (QED) is 0.767. The van der Waals surface area contributed by atoms with Crippen molar-refractivity contribution in [1.82, 2.24) is 4.90 Å². The predicted molar refractivity (Wildman–Crippen MR) is 69.3 cm³/mol. The van der Waals surface area contributed by atoms with E-state index in [4.69, 9.17) is 4.74 Å². The molecule has 0 aliphatic carbocycles. The van der Waals surface area contributed by atoms with Gasteiger partial charge in [0.25, 0.3) is 0 Å². The van der Waals surface area contributed by atoms with Crippen LogP contribution in [0.5, 0.6) is 5.75 Å². The molecule has 0 amide bonds. The number of rotatable bonds is 7. The predicted octanol–water partition coefficient (Wildman–Crippen LogP) is 2.45. The van der Waals surface area contributed by atoms with Crippen molar-refractivity contribution in [3.05, 3.63) is 24.3 Å². The van der Waals surface area contributed by atoms with Gasteiger partial charge in [0.05, 0.1) is 6.61 Å². The van der Waals surface area contributed by atoms with Crippen LogP contribution >= 0.6 is 0 Å². The van der Waals surface area contributed by atoms with E-state index in [1.165, 1.54) is 0 Å². The van der Waals surface area contributed by atoms with E-state index in [0.717, 1.165) is 37.6 Å². The lowest BCUT2D eigenvalue weighted by molar-refractivity contribution is 0.317. The first-order chi connectivity index (χ1) is 7.72. The largest absolute Gasteiger partial charge is 0.494 e. The second-order valence-corrected chi connectivity index (χ2v) is 4.10. The van der Waals surface area contributed by atoms with Crippen molar-refractivity contribution >= 4 is 5.69 Å². The first kappa shape index (κ1) is 12.8. The summed E-state index contributed by atoms with van der Waals surface area (Å²) in [5, 5.41) is 3.36. The zero-order valence-corrected chi connectivity index (χ0v) is 10.5. The van der Waals surface area contributed by atoms with Gasteiger partial charge in [0, 0.05) is 18.8 Å². The number of hydrogen-bond donors (Lipinski definition) is 1. The summed E-state index contributed by atoms with van der Waals surface area (Å²) in [6, 6.07) is 8.13. The highest BCUT2D eigenvalue weighted by atomic mass is 16.5. The van der Waals surface area contributed by atoms with Crippen molar-refractivity contribution < 1.29 is 4.74 Å². The third-order valence-corrected chi connectivity index (χ3v) is 2.22. The van der Waals surface area contributed by atoms with Crippen LogP contribution in [0.1, 0.15) is 13.3 Å². The average molecular weight is 222 g/mol. The Hall–Kier alpha value is -1.22. The van der Waals surface area contributed by atoms with Crippen LogP contribution in [0, 0.1) is 0 Å². The molecule has 0 heterocycles. The van der Waals surface area contributed by atoms with Crippen LogP contribution in [-0.2, 0) is 0 Å². The molecule has 0 aromatic heterocycles. The van der Waals surface area contributed by atoms with Crippen LogP contribution in [0.2, 0.25) is 0 Å². The Morgan fingerprint density at radius 1 is 1.19 bits per heavy atom. The minimum absolute atomic E-state index is 0.785. The SMILES string of the molecule is CCCOc1ccc(NCCN(C)C)cc1. The molecule has 0 bridgehead atoms. The number of likely N-dealkylation sites (N-methyl/N-ethyl adjacent to an activating group) is 1. The fraction of sp³-hybridized carbons (Fsp3) is 0.538. The highest BCUT2D eigenvalue weighted by Crippen LogP contribution is 2.15. The number of nitrogens with one attached hydrogen (secondary N) is 1. The third kappa shape index (κ3) is 5.03. The van der Waals surface area contributed by atoms with Crippen molar-refractivity contribution in [2.75, 3.05) is 39.1 Å². The summed E-state index contributed by atoms with van der Waals surface area (Å²) in [4.78, 5) is 2.16. The van der Waals surface area contributed by atoms with Crippen molar-refractivity contribution in [3.8, 4) is 5.75 Å². The first-order valence-electron chi connectivity index (χ1n) is 5.84. The summed E-state index contributed by atoms with van der Waals surface area (Å²) < 4.78 is 5.52. The first-order valence-corrected chi connectivity index (χ1v) is 5.84. The lowest BCUT2D eigenvalue weighted by Gasteiger charge is -2.11. The molecule has 0 aliphatic heterocycles. The van der Waals surface area contributed by atoms with E-state index in [1.54, 1.807) is 0 Å². The fourth-order valence-corrected chi connectivity index (χ4v) is 1.31. The molecule has 0 fully saturated rings. The number of benzene rings is 1. The van der Waals surface area contributed by atoms with Crippen LogP contribution < -0.4 is 10.1 Å². The van der Waals surface area contributed by atoms with E-state index < -0.39 is 0 Å². The standard InChI is InChI=1S/C13H22N2O/c1-4-11-16-13-7-5-12(6-8-13)14-9-10-15(2)3/h5-8,14H,4,9-11H2,1-3H3. The van der Waals surface area contributed by atoms with E-state index >= 15 is 0 Å². The molecule has 0 atom stereocenters. The molecule has 1 aromatic rings. The Kier molecular flexibility index (Phi) is 5.72. The lowest BCUT2D eigenvalue weighted by Crippen LogP contribution is -2.20. The molecule has 0 saturated heterocycles. The van der Waals surface area contributed by atoms with Gasteiger partial charge < -0.3 is 15.0 Å². The van der Waals surface area contributed by atoms with E-state index in [9.17, 15) is 0 Å². The van der Waals surface area contributed by atoms with Crippen molar-refractivity contribution in [3.63, 3.8) is 0 Å². The van der Waals surface area contributed by atoms with Gasteiger partial charge in [-0.2, -0.15) is 0 Å². The monoisotopic (exact) mass is 222 g/mol. The maximum Gasteiger partial charge on any atom is 0.119 e. The van der Waals surface area contributed by atoms with Crippen LogP contribution in [0.4, 0.5) is 5.69 Å². The molecule has 3 heteroatoms. The van der Waals surface area contributed by atoms with Gasteiger partial charge in [-0.3, -0.25) is 0 Å². The second kappa shape index (κ2) is 7.12. The molecule has 1 N–H and O–H groups in total. The molecule has 1 rings (SSSR count). The van der Waals surface area contributed by atoms with Gasteiger partial charge in [-0.05, 0) is 44.8 Å². The average Bonchev–Trinajstić information content (AvgIpc) is 2.27. The van der Waals surface area contributed by atoms with Crippen LogP contribution in [-0.4, -0.2) is 38.7 Å². The van der Waals surface area contributed by atoms with Gasteiger partial charge in [0.15, 0.2) is 0 Å². The Balaban J connectivity index is 2.33. The van der Waals surface area contributed by atoms with E-state index in [1.807, 2.05) is 12.1 Å². The van der Waals surface area contributed by atoms with Crippen molar-refractivity contribution in [2.24, 2.45) is 0 Å². The van der Waals surface area contributed by atoms with Crippen molar-refractivity contribution in [2.45, 2.75) is 13.3 Å². The summed E-state index contributed by atoms with van der Waals surface area (Å²) in [6.07, 6.45) is 1.04. The van der Waals surface area contributed by atoms with Gasteiger partial charge in [-0.15, -0.1) is 0 Å². The van der Waals surface area contributed by atoms with Gasteiger partial charge in [-0.25, -0.2) is 0 Å². The Morgan fingerprint density at radius 3 is 2.44 bits per heavy atom. The second-order valence-electron chi connectivity index (χ2n) is 4.10. The third-order valence-electron chi connectivity index (χ3n) is 2.22. The Morgan fingerprint density at radius 2 is 1.88 bits per heavy atom. The molecule has 3 nitrogen and oxygen atoms in total. The highest BCUT2D eigenvalue weighted by Gasteiger charge is 1.95. The van der Waals surface area contributed by atoms with Gasteiger partial charge in [0.1, 0.15) is 5.75 Å². The van der Waals surface area contributed by atoms with E-state index in [0.29, 0.717) is 0 Å². The topological polar surface area (TPSA) is 24.5 Å². The molecule has 0 spiro atoms. The van der Waals surface area contributed by atoms with Crippen molar-refractivity contribution in [1.29, 1.82) is 0 Å². The summed E-state index contributed by atoms with van der Waals surface area (Å²) in [5.74, 6) is 0.944. The number of anilines is 1. The minimum Gasteiger partial charge on any atom is -0.494 e. The molecule has 0 radical (unpaired) electrons. The maximum atomic E-state index is 5.52. The molecule has 0 unspecified atom stereocenters. The molecular formula is C13H22N2O. The number of nitrogens with zero attached hydrogens (tertiary/aromatic N) is 1. The van der Waals surface area contributed by atoms with E-state index in [2.05, 4.69) is 43.4 Å². The lowest BCUT2D eigenvalue weighted by atomic mass is 10.3. The molecule has 0 aliphatic rings. The Bertz CT molecular complexity index is 282. The normalized spacial score (nSPS) is 10.5. The molecule has 0 saturated carbocycles. The number of hydrogen-bond acceptors (Lipinski definition) is 3. The summed E-state index contributed by atoms with van der Waals surface area (Å²) >= 11 is 0. The van der Waals surface area contributed by atoms with Crippen LogP contribution in [0.25, 0.3) is 0 Å². The van der Waals surface area contributed by atoms with Crippen LogP contribution in [0.15, 0.2) is 24.3 Å². The smallest absolute Gasteiger partial charge is 0.119 e. The molecule has 1 aromatic carbocycles. The minimum atomic E-state index is 0.785. The zero-order chi connectivity index (χ0) is 11.8.